The highest BCUT2D eigenvalue weighted by Gasteiger charge is 2.37. The van der Waals surface area contributed by atoms with Gasteiger partial charge in [0.25, 0.3) is 5.91 Å². The molecule has 1 aliphatic carbocycles. The highest BCUT2D eigenvalue weighted by atomic mass is 32.2. The van der Waals surface area contributed by atoms with Crippen molar-refractivity contribution in [2.24, 2.45) is 0 Å². The smallest absolute Gasteiger partial charge is 0.407 e. The molecule has 2 aliphatic heterocycles. The number of ether oxygens (including phenoxy) is 2. The number of thioether (sulfide) groups is 1. The molecule has 0 radical (unpaired) electrons. The molecule has 2 aromatic carbocycles. The number of carboxylic acids is 1. The van der Waals surface area contributed by atoms with Gasteiger partial charge in [-0.2, -0.15) is 0 Å². The van der Waals surface area contributed by atoms with Gasteiger partial charge in [0.15, 0.2) is 0 Å². The Morgan fingerprint density at radius 3 is 2.43 bits per heavy atom. The number of carboxylic acid groups (broad SMARTS) is 1. The minimum absolute atomic E-state index is 0.00443. The van der Waals surface area contributed by atoms with Crippen molar-refractivity contribution in [2.75, 3.05) is 32.0 Å². The molecule has 2 aromatic rings. The van der Waals surface area contributed by atoms with Crippen LogP contribution in [0, 0.1) is 0 Å². The lowest BCUT2D eigenvalue weighted by Crippen LogP contribution is -2.48. The molecule has 3 unspecified atom stereocenters. The normalized spacial score (nSPS) is 23.4. The summed E-state index contributed by atoms with van der Waals surface area (Å²) in [5.41, 5.74) is 4.66. The monoisotopic (exact) mass is 496 g/mol. The van der Waals surface area contributed by atoms with E-state index in [1.54, 1.807) is 4.90 Å². The van der Waals surface area contributed by atoms with E-state index >= 15 is 0 Å². The van der Waals surface area contributed by atoms with Gasteiger partial charge in [-0.1, -0.05) is 48.5 Å². The number of fused-ring (bicyclic) bond motifs is 3. The summed E-state index contributed by atoms with van der Waals surface area (Å²) in [4.78, 5) is 38.1. The standard InChI is InChI=1S/C26H28N2O6S/c29-24(28-11-12-35-23(14-28)25(30)31)22-10-9-16(34-22)13-27-26(32)33-15-21-19-7-3-1-5-17(19)18-6-2-4-8-20(18)21/h1-8,16,21-23H,9-15H2,(H,27,32)(H,30,31). The van der Waals surface area contributed by atoms with E-state index in [9.17, 15) is 19.5 Å². The van der Waals surface area contributed by atoms with E-state index in [0.29, 0.717) is 25.1 Å². The first kappa shape index (κ1) is 23.7. The molecule has 3 atom stereocenters. The van der Waals surface area contributed by atoms with Gasteiger partial charge in [0.1, 0.15) is 18.0 Å². The van der Waals surface area contributed by atoms with Crippen LogP contribution < -0.4 is 5.32 Å². The zero-order chi connectivity index (χ0) is 24.4. The Labute approximate surface area is 208 Å². The maximum Gasteiger partial charge on any atom is 0.407 e. The van der Waals surface area contributed by atoms with Crippen LogP contribution in [0.2, 0.25) is 0 Å². The first-order chi connectivity index (χ1) is 17.0. The van der Waals surface area contributed by atoms with Gasteiger partial charge >= 0.3 is 12.1 Å². The van der Waals surface area contributed by atoms with Crippen molar-refractivity contribution in [1.82, 2.24) is 10.2 Å². The average molecular weight is 497 g/mol. The number of amides is 2. The van der Waals surface area contributed by atoms with Crippen LogP contribution in [0.15, 0.2) is 48.5 Å². The third-order valence-electron chi connectivity index (χ3n) is 6.85. The molecule has 2 fully saturated rings. The summed E-state index contributed by atoms with van der Waals surface area (Å²) in [7, 11) is 0. The summed E-state index contributed by atoms with van der Waals surface area (Å²) >= 11 is 1.36. The van der Waals surface area contributed by atoms with Gasteiger partial charge in [0.05, 0.1) is 6.10 Å². The summed E-state index contributed by atoms with van der Waals surface area (Å²) in [6, 6.07) is 16.4. The van der Waals surface area contributed by atoms with E-state index in [-0.39, 0.29) is 37.6 Å². The number of benzene rings is 2. The molecule has 9 heteroatoms. The Morgan fingerprint density at radius 1 is 1.06 bits per heavy atom. The van der Waals surface area contributed by atoms with E-state index in [1.165, 1.54) is 22.9 Å². The van der Waals surface area contributed by atoms with Gasteiger partial charge in [-0.15, -0.1) is 11.8 Å². The van der Waals surface area contributed by atoms with Gasteiger partial charge in [-0.25, -0.2) is 4.79 Å². The Morgan fingerprint density at radius 2 is 1.74 bits per heavy atom. The Kier molecular flexibility index (Phi) is 6.97. The van der Waals surface area contributed by atoms with Gasteiger partial charge in [0, 0.05) is 31.3 Å². The summed E-state index contributed by atoms with van der Waals surface area (Å²) in [6.45, 7) is 1.22. The number of hydrogen-bond acceptors (Lipinski definition) is 6. The molecule has 184 valence electrons. The summed E-state index contributed by atoms with van der Waals surface area (Å²) in [6.07, 6.45) is -0.189. The molecule has 35 heavy (non-hydrogen) atoms. The van der Waals surface area contributed by atoms with Crippen LogP contribution in [0.1, 0.15) is 29.9 Å². The zero-order valence-electron chi connectivity index (χ0n) is 19.2. The second-order valence-corrected chi connectivity index (χ2v) is 10.3. The number of carbonyl (C=O) groups excluding carboxylic acids is 2. The Balaban J connectivity index is 1.09. The lowest BCUT2D eigenvalue weighted by molar-refractivity contribution is -0.144. The lowest BCUT2D eigenvalue weighted by Gasteiger charge is -2.32. The largest absolute Gasteiger partial charge is 0.480 e. The number of aliphatic carboxylic acids is 1. The minimum Gasteiger partial charge on any atom is -0.480 e. The van der Waals surface area contributed by atoms with E-state index in [4.69, 9.17) is 9.47 Å². The number of hydrogen-bond donors (Lipinski definition) is 2. The highest BCUT2D eigenvalue weighted by molar-refractivity contribution is 8.00. The SMILES string of the molecule is O=C(NCC1CCC(C(=O)N2CCSC(C(=O)O)C2)O1)OCC1c2ccccc2-c2ccccc21. The van der Waals surface area contributed by atoms with Crippen molar-refractivity contribution in [3.05, 3.63) is 59.7 Å². The van der Waals surface area contributed by atoms with Crippen LogP contribution in [0.25, 0.3) is 11.1 Å². The molecule has 0 bridgehead atoms. The molecular weight excluding hydrogens is 468 g/mol. The van der Waals surface area contributed by atoms with Crippen LogP contribution in [-0.2, 0) is 19.1 Å². The minimum atomic E-state index is -0.898. The Bertz CT molecular complexity index is 1080. The summed E-state index contributed by atoms with van der Waals surface area (Å²) < 4.78 is 11.4. The predicted molar refractivity (Wildman–Crippen MR) is 131 cm³/mol. The molecular formula is C26H28N2O6S. The van der Waals surface area contributed by atoms with Crippen molar-refractivity contribution in [1.29, 1.82) is 0 Å². The third-order valence-corrected chi connectivity index (χ3v) is 8.03. The molecule has 0 aromatic heterocycles. The van der Waals surface area contributed by atoms with E-state index in [2.05, 4.69) is 29.6 Å². The van der Waals surface area contributed by atoms with Gasteiger partial charge in [-0.05, 0) is 35.1 Å². The first-order valence-electron chi connectivity index (χ1n) is 11.9. The zero-order valence-corrected chi connectivity index (χ0v) is 20.0. The maximum absolute atomic E-state index is 12.8. The van der Waals surface area contributed by atoms with Gasteiger partial charge in [-0.3, -0.25) is 9.59 Å². The molecule has 0 spiro atoms. The molecule has 3 aliphatic rings. The summed E-state index contributed by atoms with van der Waals surface area (Å²) in [5.74, 6) is -0.470. The van der Waals surface area contributed by atoms with E-state index in [0.717, 1.165) is 11.1 Å². The third kappa shape index (κ3) is 5.01. The lowest BCUT2D eigenvalue weighted by atomic mass is 9.98. The number of rotatable bonds is 6. The molecule has 5 rings (SSSR count). The Hall–Kier alpha value is -3.04. The average Bonchev–Trinajstić information content (AvgIpc) is 3.49. The fraction of sp³-hybridized carbons (Fsp3) is 0.423. The number of carbonyl (C=O) groups is 3. The molecule has 2 saturated heterocycles. The number of nitrogens with one attached hydrogen (secondary N) is 1. The van der Waals surface area contributed by atoms with Crippen LogP contribution in [0.3, 0.4) is 0 Å². The highest BCUT2D eigenvalue weighted by Crippen LogP contribution is 2.44. The van der Waals surface area contributed by atoms with Crippen LogP contribution in [-0.4, -0.2) is 77.4 Å². The molecule has 8 nitrogen and oxygen atoms in total. The predicted octanol–water partition coefficient (Wildman–Crippen LogP) is 3.10. The second kappa shape index (κ2) is 10.3. The van der Waals surface area contributed by atoms with E-state index in [1.807, 2.05) is 24.3 Å². The fourth-order valence-corrected chi connectivity index (χ4v) is 6.12. The quantitative estimate of drug-likeness (QED) is 0.633. The molecule has 0 saturated carbocycles. The fourth-order valence-electron chi connectivity index (χ4n) is 5.09. The van der Waals surface area contributed by atoms with Crippen LogP contribution >= 0.6 is 11.8 Å². The van der Waals surface area contributed by atoms with Crippen molar-refractivity contribution in [2.45, 2.75) is 36.2 Å². The van der Waals surface area contributed by atoms with Crippen molar-refractivity contribution >= 4 is 29.7 Å². The number of alkyl carbamates (subject to hydrolysis) is 1. The molecule has 2 N–H and O–H groups in total. The topological polar surface area (TPSA) is 105 Å². The second-order valence-electron chi connectivity index (χ2n) is 9.01. The van der Waals surface area contributed by atoms with Gasteiger partial charge in [0.2, 0.25) is 0 Å². The number of nitrogens with zero attached hydrogens (tertiary/aromatic N) is 1. The van der Waals surface area contributed by atoms with Crippen molar-refractivity contribution in [3.8, 4) is 11.1 Å². The summed E-state index contributed by atoms with van der Waals surface area (Å²) in [5, 5.41) is 11.4. The first-order valence-corrected chi connectivity index (χ1v) is 12.9. The van der Waals surface area contributed by atoms with E-state index < -0.39 is 23.4 Å². The van der Waals surface area contributed by atoms with Crippen molar-refractivity contribution < 1.29 is 29.0 Å². The molecule has 2 heterocycles. The molecule has 2 amide bonds. The van der Waals surface area contributed by atoms with Crippen molar-refractivity contribution in [3.63, 3.8) is 0 Å². The van der Waals surface area contributed by atoms with Crippen LogP contribution in [0.4, 0.5) is 4.79 Å². The maximum atomic E-state index is 12.8. The van der Waals surface area contributed by atoms with Gasteiger partial charge < -0.3 is 24.8 Å². The van der Waals surface area contributed by atoms with Crippen LogP contribution in [0.5, 0.6) is 0 Å².